The molecule has 4 nitrogen and oxygen atoms in total. The molecule has 0 saturated carbocycles. The maximum atomic E-state index is 10.6. The van der Waals surface area contributed by atoms with Crippen LogP contribution in [0, 0.1) is 5.92 Å². The number of hydrogen-bond donors (Lipinski definition) is 1. The molecule has 1 aromatic rings. The summed E-state index contributed by atoms with van der Waals surface area (Å²) < 4.78 is 8.04. The lowest BCUT2D eigenvalue weighted by molar-refractivity contribution is -0.0886. The normalized spacial score (nSPS) is 27.3. The number of aliphatic hydroxyl groups excluding tert-OH is 1. The van der Waals surface area contributed by atoms with Gasteiger partial charge in [-0.1, -0.05) is 0 Å². The molecule has 2 atom stereocenters. The summed E-state index contributed by atoms with van der Waals surface area (Å²) in [5.41, 5.74) is 0.398. The van der Waals surface area contributed by atoms with Gasteiger partial charge >= 0.3 is 0 Å². The van der Waals surface area contributed by atoms with Crippen molar-refractivity contribution in [3.63, 3.8) is 0 Å². The smallest absolute Gasteiger partial charge is 0.101 e. The average Bonchev–Trinajstić information content (AvgIpc) is 2.78. The predicted molar refractivity (Wildman–Crippen MR) is 70.2 cm³/mol. The van der Waals surface area contributed by atoms with E-state index < -0.39 is 6.10 Å². The molecule has 2 heterocycles. The molecule has 18 heavy (non-hydrogen) atoms. The first-order chi connectivity index (χ1) is 8.27. The van der Waals surface area contributed by atoms with Crippen LogP contribution in [-0.4, -0.2) is 25.9 Å². The summed E-state index contributed by atoms with van der Waals surface area (Å²) in [6.45, 7) is 11.2. The highest BCUT2D eigenvalue weighted by atomic mass is 16.5. The van der Waals surface area contributed by atoms with Gasteiger partial charge < -0.3 is 14.4 Å². The Kier molecular flexibility index (Phi) is 3.28. The highest BCUT2D eigenvalue weighted by molar-refractivity contribution is 5.09. The fourth-order valence-electron chi connectivity index (χ4n) is 3.14. The van der Waals surface area contributed by atoms with E-state index in [2.05, 4.69) is 39.6 Å². The summed E-state index contributed by atoms with van der Waals surface area (Å²) in [5, 5.41) is 10.6. The standard InChI is InChI=1S/C14H24N2O2/c1-6-16-9-15-8-11(16)12(17)10-7-13(2,3)18-14(10,4)5/h8-10,12,17H,6-7H2,1-5H3. The van der Waals surface area contributed by atoms with Gasteiger partial charge in [-0.05, 0) is 41.0 Å². The maximum absolute atomic E-state index is 10.6. The Bertz CT molecular complexity index is 423. The molecule has 1 aromatic heterocycles. The molecule has 0 bridgehead atoms. The van der Waals surface area contributed by atoms with Gasteiger partial charge in [0.05, 0.1) is 29.4 Å². The Morgan fingerprint density at radius 1 is 1.50 bits per heavy atom. The van der Waals surface area contributed by atoms with E-state index in [0.29, 0.717) is 0 Å². The third kappa shape index (κ3) is 2.31. The molecule has 0 aliphatic carbocycles. The Morgan fingerprint density at radius 2 is 2.17 bits per heavy atom. The van der Waals surface area contributed by atoms with Gasteiger partial charge in [0.1, 0.15) is 6.10 Å². The average molecular weight is 252 g/mol. The van der Waals surface area contributed by atoms with Crippen LogP contribution in [0.2, 0.25) is 0 Å². The van der Waals surface area contributed by atoms with Crippen molar-refractivity contribution in [2.24, 2.45) is 5.92 Å². The molecule has 0 radical (unpaired) electrons. The lowest BCUT2D eigenvalue weighted by atomic mass is 9.82. The van der Waals surface area contributed by atoms with Crippen molar-refractivity contribution in [1.29, 1.82) is 0 Å². The fraction of sp³-hybridized carbons (Fsp3) is 0.786. The number of rotatable bonds is 3. The van der Waals surface area contributed by atoms with Gasteiger partial charge in [0.15, 0.2) is 0 Å². The topological polar surface area (TPSA) is 47.3 Å². The summed E-state index contributed by atoms with van der Waals surface area (Å²) >= 11 is 0. The van der Waals surface area contributed by atoms with Gasteiger partial charge in [-0.25, -0.2) is 4.98 Å². The molecule has 2 unspecified atom stereocenters. The summed E-state index contributed by atoms with van der Waals surface area (Å²) in [6.07, 6.45) is 3.86. The van der Waals surface area contributed by atoms with Crippen molar-refractivity contribution in [3.05, 3.63) is 18.2 Å². The van der Waals surface area contributed by atoms with Crippen LogP contribution in [0.5, 0.6) is 0 Å². The van der Waals surface area contributed by atoms with E-state index in [1.54, 1.807) is 12.5 Å². The molecular weight excluding hydrogens is 228 g/mol. The lowest BCUT2D eigenvalue weighted by Crippen LogP contribution is -2.33. The van der Waals surface area contributed by atoms with Crippen LogP contribution in [-0.2, 0) is 11.3 Å². The maximum Gasteiger partial charge on any atom is 0.101 e. The van der Waals surface area contributed by atoms with Crippen LogP contribution in [0.25, 0.3) is 0 Å². The first kappa shape index (κ1) is 13.6. The Hall–Kier alpha value is -0.870. The third-order valence-electron chi connectivity index (χ3n) is 3.91. The van der Waals surface area contributed by atoms with Gasteiger partial charge in [-0.15, -0.1) is 0 Å². The highest BCUT2D eigenvalue weighted by Crippen LogP contribution is 2.47. The van der Waals surface area contributed by atoms with Crippen molar-refractivity contribution in [2.75, 3.05) is 0 Å². The van der Waals surface area contributed by atoms with Gasteiger partial charge in [0.25, 0.3) is 0 Å². The Morgan fingerprint density at radius 3 is 2.67 bits per heavy atom. The predicted octanol–water partition coefficient (Wildman–Crippen LogP) is 2.53. The molecule has 1 N–H and O–H groups in total. The zero-order chi connectivity index (χ0) is 13.6. The quantitative estimate of drug-likeness (QED) is 0.899. The van der Waals surface area contributed by atoms with Crippen molar-refractivity contribution in [1.82, 2.24) is 9.55 Å². The molecule has 0 aromatic carbocycles. The van der Waals surface area contributed by atoms with Gasteiger partial charge in [0, 0.05) is 12.5 Å². The Labute approximate surface area is 109 Å². The van der Waals surface area contributed by atoms with Gasteiger partial charge in [-0.2, -0.15) is 0 Å². The minimum absolute atomic E-state index is 0.0921. The van der Waals surface area contributed by atoms with E-state index in [1.807, 2.05) is 4.57 Å². The summed E-state index contributed by atoms with van der Waals surface area (Å²) in [5.74, 6) is 0.0921. The van der Waals surface area contributed by atoms with E-state index in [1.165, 1.54) is 0 Å². The van der Waals surface area contributed by atoms with E-state index in [4.69, 9.17) is 4.74 Å². The monoisotopic (exact) mass is 252 g/mol. The number of hydrogen-bond acceptors (Lipinski definition) is 3. The van der Waals surface area contributed by atoms with Crippen LogP contribution in [0.1, 0.15) is 52.8 Å². The van der Waals surface area contributed by atoms with Crippen LogP contribution in [0.3, 0.4) is 0 Å². The van der Waals surface area contributed by atoms with Crippen LogP contribution < -0.4 is 0 Å². The van der Waals surface area contributed by atoms with Gasteiger partial charge in [0.2, 0.25) is 0 Å². The SMILES string of the molecule is CCn1cncc1C(O)C1CC(C)(C)OC1(C)C. The van der Waals surface area contributed by atoms with E-state index >= 15 is 0 Å². The minimum atomic E-state index is -0.524. The fourth-order valence-corrected chi connectivity index (χ4v) is 3.14. The first-order valence-corrected chi connectivity index (χ1v) is 6.65. The van der Waals surface area contributed by atoms with Crippen molar-refractivity contribution >= 4 is 0 Å². The molecule has 102 valence electrons. The Balaban J connectivity index is 2.27. The summed E-state index contributed by atoms with van der Waals surface area (Å²) in [7, 11) is 0. The zero-order valence-electron chi connectivity index (χ0n) is 12.0. The molecule has 0 amide bonds. The van der Waals surface area contributed by atoms with Crippen LogP contribution in [0.4, 0.5) is 0 Å². The highest BCUT2D eigenvalue weighted by Gasteiger charge is 2.49. The second kappa shape index (κ2) is 4.35. The van der Waals surface area contributed by atoms with Crippen molar-refractivity contribution < 1.29 is 9.84 Å². The van der Waals surface area contributed by atoms with E-state index in [9.17, 15) is 5.11 Å². The van der Waals surface area contributed by atoms with E-state index in [-0.39, 0.29) is 17.1 Å². The molecule has 2 rings (SSSR count). The number of nitrogens with zero attached hydrogens (tertiary/aromatic N) is 2. The second-order valence-corrected chi connectivity index (χ2v) is 6.33. The number of aliphatic hydroxyl groups is 1. The van der Waals surface area contributed by atoms with Crippen LogP contribution >= 0.6 is 0 Å². The second-order valence-electron chi connectivity index (χ2n) is 6.33. The van der Waals surface area contributed by atoms with Gasteiger partial charge in [-0.3, -0.25) is 0 Å². The van der Waals surface area contributed by atoms with E-state index in [0.717, 1.165) is 18.7 Å². The zero-order valence-corrected chi connectivity index (χ0v) is 12.0. The molecular formula is C14H24N2O2. The number of aromatic nitrogens is 2. The summed E-state index contributed by atoms with van der Waals surface area (Å²) in [6, 6.07) is 0. The van der Waals surface area contributed by atoms with Crippen LogP contribution in [0.15, 0.2) is 12.5 Å². The molecule has 1 aliphatic rings. The molecule has 0 spiro atoms. The number of ether oxygens (including phenoxy) is 1. The largest absolute Gasteiger partial charge is 0.386 e. The third-order valence-corrected chi connectivity index (χ3v) is 3.91. The minimum Gasteiger partial charge on any atom is -0.386 e. The lowest BCUT2D eigenvalue weighted by Gasteiger charge is -2.30. The van der Waals surface area contributed by atoms with Crippen molar-refractivity contribution in [2.45, 2.75) is 64.9 Å². The summed E-state index contributed by atoms with van der Waals surface area (Å²) in [4.78, 5) is 4.13. The van der Waals surface area contributed by atoms with Crippen molar-refractivity contribution in [3.8, 4) is 0 Å². The molecule has 1 fully saturated rings. The first-order valence-electron chi connectivity index (χ1n) is 6.65. The molecule has 1 aliphatic heterocycles. The number of aryl methyl sites for hydroxylation is 1. The molecule has 4 heteroatoms. The number of imidazole rings is 1. The molecule has 1 saturated heterocycles.